The van der Waals surface area contributed by atoms with Crippen LogP contribution in [-0.4, -0.2) is 10.1 Å². The fourth-order valence-corrected chi connectivity index (χ4v) is 3.80. The summed E-state index contributed by atoms with van der Waals surface area (Å²) in [5, 5.41) is 13.0. The molecule has 0 aliphatic rings. The minimum absolute atomic E-state index is 0.275. The lowest BCUT2D eigenvalue weighted by molar-refractivity contribution is 0.145. The SMILES string of the molecule is C=CCC(c1ccc(Cl)cc1Cl)C(O)c1cccnc1-c1ccc(Cl)cc1. The quantitative estimate of drug-likeness (QED) is 0.433. The van der Waals surface area contributed by atoms with E-state index < -0.39 is 6.10 Å². The number of pyridine rings is 1. The molecule has 0 aliphatic heterocycles. The monoisotopic (exact) mass is 417 g/mol. The molecule has 0 saturated heterocycles. The average Bonchev–Trinajstić information content (AvgIpc) is 2.67. The molecule has 0 bridgehead atoms. The third-order valence-corrected chi connectivity index (χ3v) is 5.25. The van der Waals surface area contributed by atoms with Gasteiger partial charge in [-0.05, 0) is 42.3 Å². The minimum Gasteiger partial charge on any atom is -0.388 e. The first-order valence-electron chi connectivity index (χ1n) is 8.46. The number of hydrogen-bond donors (Lipinski definition) is 1. The third-order valence-electron chi connectivity index (χ3n) is 4.44. The molecule has 27 heavy (non-hydrogen) atoms. The highest BCUT2D eigenvalue weighted by atomic mass is 35.5. The van der Waals surface area contributed by atoms with E-state index in [2.05, 4.69) is 11.6 Å². The molecule has 2 nitrogen and oxygen atoms in total. The normalized spacial score (nSPS) is 13.2. The highest BCUT2D eigenvalue weighted by Gasteiger charge is 2.26. The van der Waals surface area contributed by atoms with Crippen LogP contribution in [0.3, 0.4) is 0 Å². The summed E-state index contributed by atoms with van der Waals surface area (Å²) in [6, 6.07) is 16.4. The summed E-state index contributed by atoms with van der Waals surface area (Å²) in [4.78, 5) is 4.49. The number of nitrogens with zero attached hydrogens (tertiary/aromatic N) is 1. The van der Waals surface area contributed by atoms with Crippen molar-refractivity contribution in [2.24, 2.45) is 0 Å². The maximum absolute atomic E-state index is 11.2. The standard InChI is InChI=1S/C22H18Cl3NO/c1-2-4-18(17-11-10-16(24)13-20(17)25)22(27)19-5-3-12-26-21(19)14-6-8-15(23)9-7-14/h2-3,5-13,18,22,27H,1,4H2. The van der Waals surface area contributed by atoms with Crippen LogP contribution in [0.1, 0.15) is 29.6 Å². The van der Waals surface area contributed by atoms with Gasteiger partial charge in [0, 0.05) is 38.3 Å². The third kappa shape index (κ3) is 4.53. The second kappa shape index (κ2) is 8.90. The predicted molar refractivity (Wildman–Crippen MR) is 114 cm³/mol. The summed E-state index contributed by atoms with van der Waals surface area (Å²) in [5.74, 6) is -0.275. The first-order valence-corrected chi connectivity index (χ1v) is 9.59. The maximum atomic E-state index is 11.2. The average molecular weight is 419 g/mol. The van der Waals surface area contributed by atoms with Crippen LogP contribution in [0.25, 0.3) is 11.3 Å². The Labute approximate surface area is 174 Å². The number of aromatic nitrogens is 1. The molecule has 2 aromatic carbocycles. The number of halogens is 3. The summed E-state index contributed by atoms with van der Waals surface area (Å²) in [7, 11) is 0. The zero-order valence-corrected chi connectivity index (χ0v) is 16.7. The second-order valence-electron chi connectivity index (χ2n) is 6.19. The van der Waals surface area contributed by atoms with Gasteiger partial charge in [0.05, 0.1) is 11.8 Å². The van der Waals surface area contributed by atoms with Crippen molar-refractivity contribution in [1.29, 1.82) is 0 Å². The van der Waals surface area contributed by atoms with Gasteiger partial charge in [-0.25, -0.2) is 0 Å². The molecule has 1 heterocycles. The van der Waals surface area contributed by atoms with Crippen LogP contribution in [0.15, 0.2) is 73.4 Å². The van der Waals surface area contributed by atoms with Crippen LogP contribution in [0.5, 0.6) is 0 Å². The molecule has 3 rings (SSSR count). The molecular weight excluding hydrogens is 401 g/mol. The van der Waals surface area contributed by atoms with Gasteiger partial charge in [-0.3, -0.25) is 4.98 Å². The van der Waals surface area contributed by atoms with E-state index in [1.165, 1.54) is 0 Å². The van der Waals surface area contributed by atoms with E-state index in [1.807, 2.05) is 30.3 Å². The maximum Gasteiger partial charge on any atom is 0.0883 e. The van der Waals surface area contributed by atoms with Crippen molar-refractivity contribution in [3.8, 4) is 11.3 Å². The van der Waals surface area contributed by atoms with Crippen LogP contribution in [0, 0.1) is 0 Å². The van der Waals surface area contributed by atoms with Gasteiger partial charge >= 0.3 is 0 Å². The van der Waals surface area contributed by atoms with E-state index >= 15 is 0 Å². The lowest BCUT2D eigenvalue weighted by Gasteiger charge is -2.25. The van der Waals surface area contributed by atoms with E-state index in [-0.39, 0.29) is 5.92 Å². The Morgan fingerprint density at radius 3 is 2.33 bits per heavy atom. The summed E-state index contributed by atoms with van der Waals surface area (Å²) in [6.45, 7) is 3.83. The van der Waals surface area contributed by atoms with Gasteiger partial charge in [-0.2, -0.15) is 0 Å². The Morgan fingerprint density at radius 2 is 1.67 bits per heavy atom. The van der Waals surface area contributed by atoms with Gasteiger partial charge in [0.15, 0.2) is 0 Å². The summed E-state index contributed by atoms with van der Waals surface area (Å²) >= 11 is 18.4. The number of benzene rings is 2. The molecule has 0 aliphatic carbocycles. The largest absolute Gasteiger partial charge is 0.388 e. The molecule has 0 spiro atoms. The van der Waals surface area contributed by atoms with Gasteiger partial charge in [-0.15, -0.1) is 6.58 Å². The van der Waals surface area contributed by atoms with Gasteiger partial charge in [-0.1, -0.05) is 65.1 Å². The van der Waals surface area contributed by atoms with Crippen LogP contribution < -0.4 is 0 Å². The first-order chi connectivity index (χ1) is 13.0. The lowest BCUT2D eigenvalue weighted by atomic mass is 9.85. The molecule has 1 aromatic heterocycles. The molecule has 0 amide bonds. The first kappa shape index (κ1) is 19.9. The number of aliphatic hydroxyl groups is 1. The van der Waals surface area contributed by atoms with Gasteiger partial charge < -0.3 is 5.11 Å². The Bertz CT molecular complexity index is 941. The molecule has 0 fully saturated rings. The smallest absolute Gasteiger partial charge is 0.0883 e. The minimum atomic E-state index is -0.818. The lowest BCUT2D eigenvalue weighted by Crippen LogP contribution is -2.13. The topological polar surface area (TPSA) is 33.1 Å². The van der Waals surface area contributed by atoms with Crippen LogP contribution in [-0.2, 0) is 0 Å². The van der Waals surface area contributed by atoms with Crippen molar-refractivity contribution in [3.63, 3.8) is 0 Å². The zero-order chi connectivity index (χ0) is 19.4. The fraction of sp³-hybridized carbons (Fsp3) is 0.136. The molecule has 5 heteroatoms. The highest BCUT2D eigenvalue weighted by molar-refractivity contribution is 6.35. The Kier molecular flexibility index (Phi) is 6.56. The summed E-state index contributed by atoms with van der Waals surface area (Å²) in [5.41, 5.74) is 3.13. The van der Waals surface area contributed by atoms with Crippen molar-refractivity contribution in [3.05, 3.63) is 99.6 Å². The van der Waals surface area contributed by atoms with Crippen LogP contribution >= 0.6 is 34.8 Å². The molecule has 3 aromatic rings. The molecular formula is C22H18Cl3NO. The number of allylic oxidation sites excluding steroid dienone is 1. The summed E-state index contributed by atoms with van der Waals surface area (Å²) in [6.07, 6.45) is 3.22. The van der Waals surface area contributed by atoms with E-state index in [0.717, 1.165) is 16.7 Å². The molecule has 1 N–H and O–H groups in total. The molecule has 2 atom stereocenters. The Balaban J connectivity index is 2.06. The highest BCUT2D eigenvalue weighted by Crippen LogP contribution is 2.40. The molecule has 138 valence electrons. The number of rotatable bonds is 6. The Hall–Kier alpha value is -1.84. The number of aliphatic hydroxyl groups excluding tert-OH is 1. The van der Waals surface area contributed by atoms with Crippen molar-refractivity contribution < 1.29 is 5.11 Å². The van der Waals surface area contributed by atoms with Crippen molar-refractivity contribution >= 4 is 34.8 Å². The van der Waals surface area contributed by atoms with E-state index in [4.69, 9.17) is 34.8 Å². The van der Waals surface area contributed by atoms with Gasteiger partial charge in [0.1, 0.15) is 0 Å². The molecule has 0 radical (unpaired) electrons. The van der Waals surface area contributed by atoms with E-state index in [9.17, 15) is 5.11 Å². The van der Waals surface area contributed by atoms with E-state index in [0.29, 0.717) is 27.2 Å². The predicted octanol–water partition coefficient (Wildman–Crippen LogP) is 7.10. The second-order valence-corrected chi connectivity index (χ2v) is 7.47. The summed E-state index contributed by atoms with van der Waals surface area (Å²) < 4.78 is 0. The number of hydrogen-bond acceptors (Lipinski definition) is 2. The fourth-order valence-electron chi connectivity index (χ4n) is 3.13. The van der Waals surface area contributed by atoms with Crippen molar-refractivity contribution in [2.45, 2.75) is 18.4 Å². The Morgan fingerprint density at radius 1 is 0.963 bits per heavy atom. The van der Waals surface area contributed by atoms with Crippen molar-refractivity contribution in [1.82, 2.24) is 4.98 Å². The zero-order valence-electron chi connectivity index (χ0n) is 14.4. The molecule has 2 unspecified atom stereocenters. The van der Waals surface area contributed by atoms with Crippen LogP contribution in [0.4, 0.5) is 0 Å². The van der Waals surface area contributed by atoms with E-state index in [1.54, 1.807) is 36.5 Å². The molecule has 0 saturated carbocycles. The van der Waals surface area contributed by atoms with Crippen LogP contribution in [0.2, 0.25) is 15.1 Å². The van der Waals surface area contributed by atoms with Crippen molar-refractivity contribution in [2.75, 3.05) is 0 Å². The van der Waals surface area contributed by atoms with Gasteiger partial charge in [0.25, 0.3) is 0 Å². The van der Waals surface area contributed by atoms with Gasteiger partial charge in [0.2, 0.25) is 0 Å².